The SMILES string of the molecule is COCC(C)CNCC(O)COCCOC(C)C. The van der Waals surface area contributed by atoms with Crippen LogP contribution in [0.4, 0.5) is 0 Å². The fraction of sp³-hybridized carbons (Fsp3) is 1.00. The topological polar surface area (TPSA) is 60.0 Å². The van der Waals surface area contributed by atoms with Crippen LogP contribution in [-0.2, 0) is 14.2 Å². The van der Waals surface area contributed by atoms with Crippen LogP contribution in [0, 0.1) is 5.92 Å². The van der Waals surface area contributed by atoms with Crippen molar-refractivity contribution < 1.29 is 19.3 Å². The molecule has 0 bridgehead atoms. The molecule has 0 aromatic heterocycles. The summed E-state index contributed by atoms with van der Waals surface area (Å²) in [6.45, 7) is 9.61. The van der Waals surface area contributed by atoms with Gasteiger partial charge in [0.15, 0.2) is 0 Å². The highest BCUT2D eigenvalue weighted by Crippen LogP contribution is 1.93. The van der Waals surface area contributed by atoms with Crippen molar-refractivity contribution in [1.82, 2.24) is 5.32 Å². The van der Waals surface area contributed by atoms with E-state index in [9.17, 15) is 5.11 Å². The van der Waals surface area contributed by atoms with E-state index in [1.165, 1.54) is 0 Å². The van der Waals surface area contributed by atoms with Crippen molar-refractivity contribution in [3.05, 3.63) is 0 Å². The van der Waals surface area contributed by atoms with Gasteiger partial charge in [-0.1, -0.05) is 6.92 Å². The van der Waals surface area contributed by atoms with Gasteiger partial charge in [0.25, 0.3) is 0 Å². The molecule has 0 saturated heterocycles. The predicted octanol–water partition coefficient (Wildman–Crippen LogP) is 0.661. The maximum Gasteiger partial charge on any atom is 0.0897 e. The zero-order valence-electron chi connectivity index (χ0n) is 12.1. The summed E-state index contributed by atoms with van der Waals surface area (Å²) in [4.78, 5) is 0. The van der Waals surface area contributed by atoms with Gasteiger partial charge >= 0.3 is 0 Å². The summed E-state index contributed by atoms with van der Waals surface area (Å²) in [7, 11) is 1.69. The van der Waals surface area contributed by atoms with Crippen LogP contribution in [-0.4, -0.2) is 63.9 Å². The van der Waals surface area contributed by atoms with Crippen LogP contribution >= 0.6 is 0 Å². The van der Waals surface area contributed by atoms with E-state index in [1.807, 2.05) is 13.8 Å². The maximum absolute atomic E-state index is 9.64. The second-order valence-corrected chi connectivity index (χ2v) is 4.87. The van der Waals surface area contributed by atoms with Gasteiger partial charge < -0.3 is 24.6 Å². The van der Waals surface area contributed by atoms with Gasteiger partial charge in [-0.2, -0.15) is 0 Å². The third-order valence-corrected chi connectivity index (χ3v) is 2.31. The monoisotopic (exact) mass is 263 g/mol. The van der Waals surface area contributed by atoms with Crippen LogP contribution in [0.5, 0.6) is 0 Å². The molecule has 0 aliphatic rings. The first-order chi connectivity index (χ1) is 8.56. The Balaban J connectivity index is 3.29. The molecular formula is C13H29NO4. The third-order valence-electron chi connectivity index (χ3n) is 2.31. The molecule has 5 nitrogen and oxygen atoms in total. The Morgan fingerprint density at radius 1 is 1.06 bits per heavy atom. The van der Waals surface area contributed by atoms with Crippen molar-refractivity contribution in [3.63, 3.8) is 0 Å². The molecule has 0 amide bonds. The Morgan fingerprint density at radius 2 is 1.78 bits per heavy atom. The number of aliphatic hydroxyl groups excluding tert-OH is 1. The molecule has 0 aliphatic heterocycles. The molecule has 2 atom stereocenters. The molecule has 0 rings (SSSR count). The van der Waals surface area contributed by atoms with E-state index in [4.69, 9.17) is 14.2 Å². The normalized spacial score (nSPS) is 15.0. The number of aliphatic hydroxyl groups is 1. The quantitative estimate of drug-likeness (QED) is 0.507. The lowest BCUT2D eigenvalue weighted by Gasteiger charge is -2.15. The van der Waals surface area contributed by atoms with Crippen LogP contribution < -0.4 is 5.32 Å². The Labute approximate surface area is 111 Å². The van der Waals surface area contributed by atoms with Crippen LogP contribution in [0.2, 0.25) is 0 Å². The molecule has 0 heterocycles. The largest absolute Gasteiger partial charge is 0.389 e. The van der Waals surface area contributed by atoms with Gasteiger partial charge in [-0.3, -0.25) is 0 Å². The average molecular weight is 263 g/mol. The Bertz CT molecular complexity index is 178. The predicted molar refractivity (Wildman–Crippen MR) is 71.8 cm³/mol. The van der Waals surface area contributed by atoms with Crippen molar-refractivity contribution in [2.24, 2.45) is 5.92 Å². The number of rotatable bonds is 12. The Kier molecular flexibility index (Phi) is 11.7. The van der Waals surface area contributed by atoms with Gasteiger partial charge in [0, 0.05) is 20.3 Å². The first-order valence-corrected chi connectivity index (χ1v) is 6.63. The smallest absolute Gasteiger partial charge is 0.0897 e. The van der Waals surface area contributed by atoms with E-state index in [2.05, 4.69) is 12.2 Å². The van der Waals surface area contributed by atoms with E-state index in [0.29, 0.717) is 32.3 Å². The Hall–Kier alpha value is -0.200. The van der Waals surface area contributed by atoms with Crippen LogP contribution in [0.3, 0.4) is 0 Å². The van der Waals surface area contributed by atoms with E-state index < -0.39 is 6.10 Å². The summed E-state index contributed by atoms with van der Waals surface area (Å²) in [5.41, 5.74) is 0. The number of hydrogen-bond donors (Lipinski definition) is 2. The lowest BCUT2D eigenvalue weighted by Crippen LogP contribution is -2.34. The first kappa shape index (κ1) is 17.8. The summed E-state index contributed by atoms with van der Waals surface area (Å²) in [6, 6.07) is 0. The number of methoxy groups -OCH3 is 1. The number of hydrogen-bond acceptors (Lipinski definition) is 5. The highest BCUT2D eigenvalue weighted by Gasteiger charge is 2.06. The molecule has 5 heteroatoms. The summed E-state index contributed by atoms with van der Waals surface area (Å²) in [6.07, 6.45) is -0.249. The van der Waals surface area contributed by atoms with Crippen molar-refractivity contribution >= 4 is 0 Å². The summed E-state index contributed by atoms with van der Waals surface area (Å²) < 4.78 is 15.7. The summed E-state index contributed by atoms with van der Waals surface area (Å²) in [5.74, 6) is 0.447. The molecule has 0 aromatic carbocycles. The van der Waals surface area contributed by atoms with E-state index in [0.717, 1.165) is 13.2 Å². The molecule has 2 N–H and O–H groups in total. The second kappa shape index (κ2) is 11.9. The molecule has 2 unspecified atom stereocenters. The zero-order valence-corrected chi connectivity index (χ0v) is 12.1. The third kappa shape index (κ3) is 12.3. The minimum atomic E-state index is -0.473. The highest BCUT2D eigenvalue weighted by atomic mass is 16.5. The van der Waals surface area contributed by atoms with Crippen LogP contribution in [0.1, 0.15) is 20.8 Å². The van der Waals surface area contributed by atoms with Crippen molar-refractivity contribution in [2.45, 2.75) is 33.0 Å². The lowest BCUT2D eigenvalue weighted by atomic mass is 10.2. The molecule has 0 saturated carbocycles. The zero-order chi connectivity index (χ0) is 13.8. The number of ether oxygens (including phenoxy) is 3. The second-order valence-electron chi connectivity index (χ2n) is 4.87. The van der Waals surface area contributed by atoms with E-state index in [-0.39, 0.29) is 6.10 Å². The van der Waals surface area contributed by atoms with E-state index in [1.54, 1.807) is 7.11 Å². The van der Waals surface area contributed by atoms with Gasteiger partial charge in [0.1, 0.15) is 0 Å². The van der Waals surface area contributed by atoms with Gasteiger partial charge in [0.05, 0.1) is 32.0 Å². The first-order valence-electron chi connectivity index (χ1n) is 6.63. The molecule has 0 aliphatic carbocycles. The Morgan fingerprint density at radius 3 is 2.39 bits per heavy atom. The molecule has 18 heavy (non-hydrogen) atoms. The minimum Gasteiger partial charge on any atom is -0.389 e. The fourth-order valence-electron chi connectivity index (χ4n) is 1.46. The van der Waals surface area contributed by atoms with Crippen molar-refractivity contribution in [3.8, 4) is 0 Å². The minimum absolute atomic E-state index is 0.225. The molecule has 0 fully saturated rings. The molecule has 110 valence electrons. The van der Waals surface area contributed by atoms with Gasteiger partial charge in [-0.25, -0.2) is 0 Å². The summed E-state index contributed by atoms with van der Waals surface area (Å²) in [5, 5.41) is 12.8. The van der Waals surface area contributed by atoms with Crippen LogP contribution in [0.25, 0.3) is 0 Å². The molecule has 0 aromatic rings. The maximum atomic E-state index is 9.64. The van der Waals surface area contributed by atoms with Gasteiger partial charge in [0.2, 0.25) is 0 Å². The lowest BCUT2D eigenvalue weighted by molar-refractivity contribution is -0.0102. The standard InChI is InChI=1S/C13H29NO4/c1-11(2)18-6-5-17-10-13(15)8-14-7-12(3)9-16-4/h11-15H,5-10H2,1-4H3. The molecular weight excluding hydrogens is 234 g/mol. The number of nitrogens with one attached hydrogen (secondary N) is 1. The average Bonchev–Trinajstić information content (AvgIpc) is 2.28. The highest BCUT2D eigenvalue weighted by molar-refractivity contribution is 4.61. The van der Waals surface area contributed by atoms with Gasteiger partial charge in [-0.15, -0.1) is 0 Å². The molecule has 0 spiro atoms. The van der Waals surface area contributed by atoms with Crippen LogP contribution in [0.15, 0.2) is 0 Å². The molecule has 0 radical (unpaired) electrons. The van der Waals surface area contributed by atoms with E-state index >= 15 is 0 Å². The van der Waals surface area contributed by atoms with Crippen molar-refractivity contribution in [1.29, 1.82) is 0 Å². The van der Waals surface area contributed by atoms with Crippen molar-refractivity contribution in [2.75, 3.05) is 46.6 Å². The van der Waals surface area contributed by atoms with Gasteiger partial charge in [-0.05, 0) is 26.3 Å². The fourth-order valence-corrected chi connectivity index (χ4v) is 1.46. The summed E-state index contributed by atoms with van der Waals surface area (Å²) >= 11 is 0.